The molecule has 0 spiro atoms. The molecular weight excluding hydrogens is 230 g/mol. The predicted octanol–water partition coefficient (Wildman–Crippen LogP) is 1.47. The number of aryl methyl sites for hydroxylation is 2. The van der Waals surface area contributed by atoms with Crippen LogP contribution in [0.1, 0.15) is 21.5 Å². The monoisotopic (exact) mass is 249 g/mol. The normalized spacial score (nSPS) is 23.1. The Bertz CT molecular complexity index is 470. The van der Waals surface area contributed by atoms with Crippen molar-refractivity contribution in [1.82, 2.24) is 0 Å². The van der Waals surface area contributed by atoms with Crippen molar-refractivity contribution in [2.45, 2.75) is 19.9 Å². The molecule has 0 aromatic heterocycles. The molecular formula is C14H19NO3. The minimum atomic E-state index is -0.225. The van der Waals surface area contributed by atoms with Gasteiger partial charge in [0.2, 0.25) is 0 Å². The molecule has 2 unspecified atom stereocenters. The molecule has 18 heavy (non-hydrogen) atoms. The van der Waals surface area contributed by atoms with Gasteiger partial charge in [0.15, 0.2) is 5.78 Å². The molecule has 1 fully saturated rings. The summed E-state index contributed by atoms with van der Waals surface area (Å²) in [6, 6.07) is 3.57. The lowest BCUT2D eigenvalue weighted by molar-refractivity contribution is 0.0895. The number of methoxy groups -OCH3 is 1. The van der Waals surface area contributed by atoms with Gasteiger partial charge in [0.1, 0.15) is 5.75 Å². The van der Waals surface area contributed by atoms with Gasteiger partial charge in [0, 0.05) is 11.6 Å². The van der Waals surface area contributed by atoms with Crippen molar-refractivity contribution in [2.24, 2.45) is 11.7 Å². The van der Waals surface area contributed by atoms with Gasteiger partial charge in [-0.15, -0.1) is 0 Å². The molecule has 1 aromatic carbocycles. The Labute approximate surface area is 107 Å². The highest BCUT2D eigenvalue weighted by atomic mass is 16.5. The molecule has 1 aliphatic rings. The zero-order valence-electron chi connectivity index (χ0n) is 11.0. The maximum Gasteiger partial charge on any atom is 0.170 e. The van der Waals surface area contributed by atoms with Crippen molar-refractivity contribution < 1.29 is 14.3 Å². The summed E-state index contributed by atoms with van der Waals surface area (Å²) in [5.74, 6) is 0.649. The molecule has 1 aliphatic heterocycles. The number of hydrogen-bond donors (Lipinski definition) is 1. The predicted molar refractivity (Wildman–Crippen MR) is 69.1 cm³/mol. The molecule has 2 atom stereocenters. The second kappa shape index (κ2) is 5.08. The first-order valence-electron chi connectivity index (χ1n) is 6.07. The minimum Gasteiger partial charge on any atom is -0.496 e. The summed E-state index contributed by atoms with van der Waals surface area (Å²) in [5, 5.41) is 0. The van der Waals surface area contributed by atoms with Crippen LogP contribution in [0.2, 0.25) is 0 Å². The summed E-state index contributed by atoms with van der Waals surface area (Å²) >= 11 is 0. The van der Waals surface area contributed by atoms with Crippen molar-refractivity contribution in [2.75, 3.05) is 20.3 Å². The third-order valence-electron chi connectivity index (χ3n) is 3.47. The number of ketones is 1. The Morgan fingerprint density at radius 1 is 1.33 bits per heavy atom. The van der Waals surface area contributed by atoms with E-state index in [-0.39, 0.29) is 17.7 Å². The summed E-state index contributed by atoms with van der Waals surface area (Å²) in [4.78, 5) is 12.4. The number of ether oxygens (including phenoxy) is 2. The van der Waals surface area contributed by atoms with Gasteiger partial charge in [-0.3, -0.25) is 4.79 Å². The van der Waals surface area contributed by atoms with E-state index in [4.69, 9.17) is 15.2 Å². The Balaban J connectivity index is 2.33. The lowest BCUT2D eigenvalue weighted by Crippen LogP contribution is -2.34. The standard InChI is InChI=1S/C14H19NO3/c1-8-5-13(17-3)9(2)4-10(8)14(16)11-6-18-7-12(11)15/h4-5,11-12H,6-7,15H2,1-3H3. The average Bonchev–Trinajstić information content (AvgIpc) is 2.77. The second-order valence-corrected chi connectivity index (χ2v) is 4.81. The van der Waals surface area contributed by atoms with Crippen LogP contribution in [-0.2, 0) is 4.74 Å². The van der Waals surface area contributed by atoms with Crippen LogP contribution in [0.25, 0.3) is 0 Å². The molecule has 0 radical (unpaired) electrons. The van der Waals surface area contributed by atoms with Crippen LogP contribution in [0.3, 0.4) is 0 Å². The Morgan fingerprint density at radius 3 is 2.61 bits per heavy atom. The molecule has 2 rings (SSSR count). The van der Waals surface area contributed by atoms with E-state index in [2.05, 4.69) is 0 Å². The van der Waals surface area contributed by atoms with Gasteiger partial charge in [0.25, 0.3) is 0 Å². The van der Waals surface area contributed by atoms with Crippen molar-refractivity contribution in [1.29, 1.82) is 0 Å². The highest BCUT2D eigenvalue weighted by Gasteiger charge is 2.32. The molecule has 1 saturated heterocycles. The van der Waals surface area contributed by atoms with Crippen LogP contribution < -0.4 is 10.5 Å². The van der Waals surface area contributed by atoms with Crippen LogP contribution in [0, 0.1) is 19.8 Å². The fourth-order valence-corrected chi connectivity index (χ4v) is 2.32. The zero-order chi connectivity index (χ0) is 13.3. The van der Waals surface area contributed by atoms with Crippen LogP contribution in [-0.4, -0.2) is 32.1 Å². The van der Waals surface area contributed by atoms with Gasteiger partial charge < -0.3 is 15.2 Å². The summed E-state index contributed by atoms with van der Waals surface area (Å²) in [5.41, 5.74) is 8.49. The lowest BCUT2D eigenvalue weighted by Gasteiger charge is -2.15. The SMILES string of the molecule is COc1cc(C)c(C(=O)C2COCC2N)cc1C. The number of hydrogen-bond acceptors (Lipinski definition) is 4. The van der Waals surface area contributed by atoms with Gasteiger partial charge in [-0.25, -0.2) is 0 Å². The third kappa shape index (κ3) is 2.26. The third-order valence-corrected chi connectivity index (χ3v) is 3.47. The second-order valence-electron chi connectivity index (χ2n) is 4.81. The summed E-state index contributed by atoms with van der Waals surface area (Å²) in [7, 11) is 1.63. The van der Waals surface area contributed by atoms with Crippen LogP contribution in [0.5, 0.6) is 5.75 Å². The first kappa shape index (κ1) is 13.1. The lowest BCUT2D eigenvalue weighted by atomic mass is 9.90. The Kier molecular flexibility index (Phi) is 3.68. The van der Waals surface area contributed by atoms with Crippen LogP contribution in [0.4, 0.5) is 0 Å². The van der Waals surface area contributed by atoms with E-state index in [9.17, 15) is 4.79 Å². The van der Waals surface area contributed by atoms with Gasteiger partial charge in [0.05, 0.1) is 26.2 Å². The number of nitrogens with two attached hydrogens (primary N) is 1. The molecule has 0 amide bonds. The highest BCUT2D eigenvalue weighted by molar-refractivity contribution is 6.00. The van der Waals surface area contributed by atoms with Crippen molar-refractivity contribution in [3.63, 3.8) is 0 Å². The number of benzene rings is 1. The zero-order valence-corrected chi connectivity index (χ0v) is 11.0. The van der Waals surface area contributed by atoms with Crippen LogP contribution >= 0.6 is 0 Å². The van der Waals surface area contributed by atoms with Gasteiger partial charge in [-0.2, -0.15) is 0 Å². The molecule has 1 heterocycles. The molecule has 0 aliphatic carbocycles. The number of Topliss-reactive ketones (excluding diaryl/α,β-unsaturated/α-hetero) is 1. The summed E-state index contributed by atoms with van der Waals surface area (Å²) in [6.45, 7) is 4.73. The molecule has 0 saturated carbocycles. The molecule has 4 heteroatoms. The average molecular weight is 249 g/mol. The Morgan fingerprint density at radius 2 is 2.06 bits per heavy atom. The summed E-state index contributed by atoms with van der Waals surface area (Å²) < 4.78 is 10.5. The van der Waals surface area contributed by atoms with E-state index < -0.39 is 0 Å². The molecule has 0 bridgehead atoms. The van der Waals surface area contributed by atoms with Crippen molar-refractivity contribution >= 4 is 5.78 Å². The fourth-order valence-electron chi connectivity index (χ4n) is 2.32. The maximum absolute atomic E-state index is 12.4. The van der Waals surface area contributed by atoms with Crippen molar-refractivity contribution in [3.8, 4) is 5.75 Å². The largest absolute Gasteiger partial charge is 0.496 e. The van der Waals surface area contributed by atoms with Gasteiger partial charge in [-0.1, -0.05) is 0 Å². The van der Waals surface area contributed by atoms with Crippen molar-refractivity contribution in [3.05, 3.63) is 28.8 Å². The summed E-state index contributed by atoms with van der Waals surface area (Å²) in [6.07, 6.45) is 0. The Hall–Kier alpha value is -1.39. The van der Waals surface area contributed by atoms with E-state index in [0.717, 1.165) is 22.4 Å². The first-order chi connectivity index (χ1) is 8.54. The highest BCUT2D eigenvalue weighted by Crippen LogP contribution is 2.26. The van der Waals surface area contributed by atoms with Gasteiger partial charge >= 0.3 is 0 Å². The van der Waals surface area contributed by atoms with E-state index >= 15 is 0 Å². The smallest absolute Gasteiger partial charge is 0.170 e. The van der Waals surface area contributed by atoms with E-state index in [0.29, 0.717) is 13.2 Å². The number of rotatable bonds is 3. The van der Waals surface area contributed by atoms with E-state index in [1.165, 1.54) is 0 Å². The first-order valence-corrected chi connectivity index (χ1v) is 6.07. The molecule has 1 aromatic rings. The fraction of sp³-hybridized carbons (Fsp3) is 0.500. The topological polar surface area (TPSA) is 61.5 Å². The maximum atomic E-state index is 12.4. The van der Waals surface area contributed by atoms with E-state index in [1.807, 2.05) is 26.0 Å². The minimum absolute atomic E-state index is 0.0725. The van der Waals surface area contributed by atoms with Gasteiger partial charge in [-0.05, 0) is 37.1 Å². The van der Waals surface area contributed by atoms with E-state index in [1.54, 1.807) is 7.11 Å². The quantitative estimate of drug-likeness (QED) is 0.824. The van der Waals surface area contributed by atoms with Crippen LogP contribution in [0.15, 0.2) is 12.1 Å². The molecule has 98 valence electrons. The molecule has 2 N–H and O–H groups in total. The number of carbonyl (C=O) groups is 1. The molecule has 4 nitrogen and oxygen atoms in total. The number of carbonyl (C=O) groups excluding carboxylic acids is 1.